The zero-order chi connectivity index (χ0) is 19.8. The SMILES string of the molecule is CC(CN(C(=O)c1csc(-c2cccc(C(F)(F)F)c2)n1)C1CC1)C(=O)O. The van der Waals surface area contributed by atoms with Crippen molar-refractivity contribution < 1.29 is 27.9 Å². The molecular formula is C18H17F3N2O3S. The van der Waals surface area contributed by atoms with Crippen LogP contribution in [0.1, 0.15) is 35.8 Å². The van der Waals surface area contributed by atoms with Crippen LogP contribution in [0.4, 0.5) is 13.2 Å². The van der Waals surface area contributed by atoms with Gasteiger partial charge in [-0.05, 0) is 25.0 Å². The first-order chi connectivity index (χ1) is 12.7. The van der Waals surface area contributed by atoms with Crippen molar-refractivity contribution in [1.29, 1.82) is 0 Å². The molecule has 0 radical (unpaired) electrons. The van der Waals surface area contributed by atoms with Gasteiger partial charge in [-0.25, -0.2) is 4.98 Å². The molecular weight excluding hydrogens is 381 g/mol. The quantitative estimate of drug-likeness (QED) is 0.794. The van der Waals surface area contributed by atoms with Gasteiger partial charge in [0.15, 0.2) is 0 Å². The van der Waals surface area contributed by atoms with Crippen LogP contribution < -0.4 is 0 Å². The van der Waals surface area contributed by atoms with Crippen molar-refractivity contribution >= 4 is 23.2 Å². The number of amides is 1. The molecule has 1 N–H and O–H groups in total. The maximum absolute atomic E-state index is 12.9. The smallest absolute Gasteiger partial charge is 0.416 e. The van der Waals surface area contributed by atoms with E-state index < -0.39 is 23.6 Å². The minimum absolute atomic E-state index is 0.00185. The molecule has 1 aliphatic rings. The van der Waals surface area contributed by atoms with Gasteiger partial charge in [-0.15, -0.1) is 11.3 Å². The van der Waals surface area contributed by atoms with Gasteiger partial charge in [0.05, 0.1) is 11.5 Å². The number of aliphatic carboxylic acids is 1. The number of carboxylic acid groups (broad SMARTS) is 1. The molecule has 144 valence electrons. The highest BCUT2D eigenvalue weighted by atomic mass is 32.1. The first-order valence-electron chi connectivity index (χ1n) is 8.33. The molecule has 1 aromatic carbocycles. The molecule has 1 aliphatic carbocycles. The molecule has 1 unspecified atom stereocenters. The molecule has 27 heavy (non-hydrogen) atoms. The summed E-state index contributed by atoms with van der Waals surface area (Å²) in [6.07, 6.45) is -2.84. The van der Waals surface area contributed by atoms with E-state index >= 15 is 0 Å². The summed E-state index contributed by atoms with van der Waals surface area (Å²) < 4.78 is 38.6. The second-order valence-corrected chi connectivity index (χ2v) is 7.40. The Labute approximate surface area is 157 Å². The van der Waals surface area contributed by atoms with Crippen LogP contribution in [-0.4, -0.2) is 39.5 Å². The number of halogens is 3. The van der Waals surface area contributed by atoms with E-state index in [1.165, 1.54) is 29.3 Å². The Morgan fingerprint density at radius 1 is 1.37 bits per heavy atom. The van der Waals surface area contributed by atoms with Crippen molar-refractivity contribution in [3.8, 4) is 10.6 Å². The lowest BCUT2D eigenvalue weighted by molar-refractivity contribution is -0.141. The van der Waals surface area contributed by atoms with Gasteiger partial charge in [-0.2, -0.15) is 13.2 Å². The summed E-state index contributed by atoms with van der Waals surface area (Å²) in [6, 6.07) is 4.78. The average Bonchev–Trinajstić information content (AvgIpc) is 3.33. The number of hydrogen-bond donors (Lipinski definition) is 1. The largest absolute Gasteiger partial charge is 0.481 e. The van der Waals surface area contributed by atoms with Gasteiger partial charge < -0.3 is 10.0 Å². The third-order valence-corrected chi connectivity index (χ3v) is 5.19. The number of benzene rings is 1. The van der Waals surface area contributed by atoms with Gasteiger partial charge in [-0.1, -0.05) is 19.1 Å². The number of nitrogens with zero attached hydrogens (tertiary/aromatic N) is 2. The molecule has 0 spiro atoms. The van der Waals surface area contributed by atoms with Gasteiger partial charge in [0.2, 0.25) is 0 Å². The van der Waals surface area contributed by atoms with Crippen molar-refractivity contribution in [3.05, 3.63) is 40.9 Å². The highest BCUT2D eigenvalue weighted by Gasteiger charge is 2.36. The molecule has 1 fully saturated rings. The summed E-state index contributed by atoms with van der Waals surface area (Å²) in [5.74, 6) is -2.09. The van der Waals surface area contributed by atoms with Crippen LogP contribution in [0.2, 0.25) is 0 Å². The van der Waals surface area contributed by atoms with Crippen molar-refractivity contribution in [2.75, 3.05) is 6.54 Å². The van der Waals surface area contributed by atoms with Gasteiger partial charge in [0.1, 0.15) is 10.7 Å². The van der Waals surface area contributed by atoms with E-state index in [1.54, 1.807) is 0 Å². The third kappa shape index (κ3) is 4.47. The summed E-state index contributed by atoms with van der Waals surface area (Å²) >= 11 is 1.08. The molecule has 0 aliphatic heterocycles. The van der Waals surface area contributed by atoms with Crippen molar-refractivity contribution in [3.63, 3.8) is 0 Å². The lowest BCUT2D eigenvalue weighted by atomic mass is 10.1. The maximum Gasteiger partial charge on any atom is 0.416 e. The van der Waals surface area contributed by atoms with E-state index in [0.717, 1.165) is 36.3 Å². The molecule has 9 heteroatoms. The predicted molar refractivity (Wildman–Crippen MR) is 93.4 cm³/mol. The molecule has 5 nitrogen and oxygen atoms in total. The van der Waals surface area contributed by atoms with Crippen LogP contribution in [-0.2, 0) is 11.0 Å². The summed E-state index contributed by atoms with van der Waals surface area (Å²) in [7, 11) is 0. The molecule has 1 heterocycles. The first-order valence-corrected chi connectivity index (χ1v) is 9.21. The summed E-state index contributed by atoms with van der Waals surface area (Å²) in [5, 5.41) is 10.9. The topological polar surface area (TPSA) is 70.5 Å². The highest BCUT2D eigenvalue weighted by Crippen LogP contribution is 2.34. The second kappa shape index (κ2) is 7.30. The van der Waals surface area contributed by atoms with Crippen molar-refractivity contribution in [2.45, 2.75) is 32.0 Å². The molecule has 2 aromatic rings. The molecule has 1 atom stereocenters. The fourth-order valence-corrected chi connectivity index (χ4v) is 3.43. The molecule has 1 amide bonds. The third-order valence-electron chi connectivity index (χ3n) is 4.30. The number of aromatic nitrogens is 1. The average molecular weight is 398 g/mol. The lowest BCUT2D eigenvalue weighted by Crippen LogP contribution is -2.38. The minimum atomic E-state index is -4.46. The Morgan fingerprint density at radius 3 is 2.67 bits per heavy atom. The number of rotatable bonds is 6. The van der Waals surface area contributed by atoms with Crippen LogP contribution >= 0.6 is 11.3 Å². The Balaban J connectivity index is 1.82. The van der Waals surface area contributed by atoms with Crippen LogP contribution in [0, 0.1) is 5.92 Å². The number of carbonyl (C=O) groups excluding carboxylic acids is 1. The van der Waals surface area contributed by atoms with Crippen LogP contribution in [0.25, 0.3) is 10.6 Å². The van der Waals surface area contributed by atoms with Gasteiger partial charge in [-0.3, -0.25) is 9.59 Å². The van der Waals surface area contributed by atoms with E-state index in [0.29, 0.717) is 5.01 Å². The van der Waals surface area contributed by atoms with Gasteiger partial charge in [0.25, 0.3) is 5.91 Å². The van der Waals surface area contributed by atoms with Crippen LogP contribution in [0.5, 0.6) is 0 Å². The number of carbonyl (C=O) groups is 2. The molecule has 0 saturated heterocycles. The Hall–Kier alpha value is -2.42. The van der Waals surface area contributed by atoms with E-state index in [-0.39, 0.29) is 29.8 Å². The predicted octanol–water partition coefficient (Wildman–Crippen LogP) is 4.15. The summed E-state index contributed by atoms with van der Waals surface area (Å²) in [4.78, 5) is 29.6. The minimum Gasteiger partial charge on any atom is -0.481 e. The van der Waals surface area contributed by atoms with E-state index in [1.807, 2.05) is 0 Å². The zero-order valence-electron chi connectivity index (χ0n) is 14.4. The number of carboxylic acids is 1. The number of hydrogen-bond acceptors (Lipinski definition) is 4. The van der Waals surface area contributed by atoms with Gasteiger partial charge in [0, 0.05) is 23.5 Å². The van der Waals surface area contributed by atoms with E-state index in [4.69, 9.17) is 5.11 Å². The fourth-order valence-electron chi connectivity index (χ4n) is 2.64. The van der Waals surface area contributed by atoms with Crippen LogP contribution in [0.3, 0.4) is 0 Å². The van der Waals surface area contributed by atoms with Crippen molar-refractivity contribution in [1.82, 2.24) is 9.88 Å². The molecule has 0 bridgehead atoms. The summed E-state index contributed by atoms with van der Waals surface area (Å²) in [6.45, 7) is 1.61. The Bertz CT molecular complexity index is 862. The molecule has 1 saturated carbocycles. The maximum atomic E-state index is 12.9. The zero-order valence-corrected chi connectivity index (χ0v) is 15.2. The molecule has 1 aromatic heterocycles. The summed E-state index contributed by atoms with van der Waals surface area (Å²) in [5.41, 5.74) is -0.374. The second-order valence-electron chi connectivity index (χ2n) is 6.54. The highest BCUT2D eigenvalue weighted by molar-refractivity contribution is 7.13. The monoisotopic (exact) mass is 398 g/mol. The van der Waals surface area contributed by atoms with Crippen molar-refractivity contribution in [2.24, 2.45) is 5.92 Å². The Kier molecular flexibility index (Phi) is 5.23. The molecule has 3 rings (SSSR count). The normalized spacial score (nSPS) is 15.4. The number of thiazole rings is 1. The fraction of sp³-hybridized carbons (Fsp3) is 0.389. The number of alkyl halides is 3. The standard InChI is InChI=1S/C18H17F3N2O3S/c1-10(17(25)26)8-23(13-5-6-13)16(24)14-9-27-15(22-14)11-3-2-4-12(7-11)18(19,20)21/h2-4,7,9-10,13H,5-6,8H2,1H3,(H,25,26). The first kappa shape index (κ1) is 19.3. The van der Waals surface area contributed by atoms with E-state index in [9.17, 15) is 22.8 Å². The van der Waals surface area contributed by atoms with E-state index in [2.05, 4.69) is 4.98 Å². The van der Waals surface area contributed by atoms with Gasteiger partial charge >= 0.3 is 12.1 Å². The van der Waals surface area contributed by atoms with Crippen LogP contribution in [0.15, 0.2) is 29.6 Å². The Morgan fingerprint density at radius 2 is 2.07 bits per heavy atom. The lowest BCUT2D eigenvalue weighted by Gasteiger charge is -2.23.